The summed E-state index contributed by atoms with van der Waals surface area (Å²) in [6.07, 6.45) is 1.36. The third-order valence-corrected chi connectivity index (χ3v) is 5.68. The molecule has 0 unspecified atom stereocenters. The fourth-order valence-corrected chi connectivity index (χ4v) is 4.00. The first kappa shape index (κ1) is 15.6. The Morgan fingerprint density at radius 3 is 2.52 bits per heavy atom. The normalized spacial score (nSPS) is 15.6. The highest BCUT2D eigenvalue weighted by Crippen LogP contribution is 2.41. The maximum atomic E-state index is 12.5. The van der Waals surface area contributed by atoms with Crippen LogP contribution in [0.1, 0.15) is 11.1 Å². The number of sulfone groups is 1. The summed E-state index contributed by atoms with van der Waals surface area (Å²) in [5.74, 6) is 0. The number of nitrogens with zero attached hydrogens (tertiary/aromatic N) is 2. The number of fused-ring (bicyclic) bond motifs is 1. The molecule has 0 aromatic heterocycles. The van der Waals surface area contributed by atoms with Gasteiger partial charge in [0.1, 0.15) is 6.07 Å². The maximum absolute atomic E-state index is 12.5. The topological polar surface area (TPSA) is 61.2 Å². The SMILES string of the molecule is Cc1ccc2c(c1)N(c1cc(Cl)ccc1C)C=C(C#N)S2(=O)=O. The van der Waals surface area contributed by atoms with Crippen molar-refractivity contribution >= 4 is 32.8 Å². The van der Waals surface area contributed by atoms with E-state index in [-0.39, 0.29) is 9.80 Å². The minimum absolute atomic E-state index is 0.126. The molecule has 3 rings (SSSR count). The summed E-state index contributed by atoms with van der Waals surface area (Å²) in [6, 6.07) is 12.2. The summed E-state index contributed by atoms with van der Waals surface area (Å²) in [6.45, 7) is 3.80. The number of nitriles is 1. The maximum Gasteiger partial charge on any atom is 0.220 e. The van der Waals surface area contributed by atoms with Gasteiger partial charge in [0.25, 0.3) is 0 Å². The number of allylic oxidation sites excluding steroid dienone is 1. The molecule has 0 atom stereocenters. The summed E-state index contributed by atoms with van der Waals surface area (Å²) in [5.41, 5.74) is 3.12. The zero-order chi connectivity index (χ0) is 16.8. The van der Waals surface area contributed by atoms with Crippen molar-refractivity contribution in [3.63, 3.8) is 0 Å². The first-order valence-corrected chi connectivity index (χ1v) is 8.74. The molecule has 2 aromatic carbocycles. The molecule has 0 amide bonds. The van der Waals surface area contributed by atoms with Crippen LogP contribution in [-0.4, -0.2) is 8.42 Å². The lowest BCUT2D eigenvalue weighted by Gasteiger charge is -2.29. The van der Waals surface area contributed by atoms with Crippen LogP contribution >= 0.6 is 11.6 Å². The Morgan fingerprint density at radius 1 is 1.09 bits per heavy atom. The van der Waals surface area contributed by atoms with Gasteiger partial charge in [0.15, 0.2) is 4.91 Å². The van der Waals surface area contributed by atoms with Gasteiger partial charge in [-0.1, -0.05) is 23.7 Å². The molecule has 0 aliphatic carbocycles. The second-order valence-electron chi connectivity index (χ2n) is 5.38. The summed E-state index contributed by atoms with van der Waals surface area (Å²) >= 11 is 6.09. The molecular weight excluding hydrogens is 332 g/mol. The van der Waals surface area contributed by atoms with E-state index in [0.717, 1.165) is 16.8 Å². The Balaban J connectivity index is 2.36. The van der Waals surface area contributed by atoms with E-state index in [9.17, 15) is 13.7 Å². The quantitative estimate of drug-likeness (QED) is 0.776. The fraction of sp³-hybridized carbons (Fsp3) is 0.118. The van der Waals surface area contributed by atoms with E-state index in [4.69, 9.17) is 11.6 Å². The van der Waals surface area contributed by atoms with Crippen molar-refractivity contribution in [3.8, 4) is 6.07 Å². The number of anilines is 2. The standard InChI is InChI=1S/C17H13ClN2O2S/c1-11-3-6-17-16(7-11)20(10-14(9-19)23(17,21)22)15-8-13(18)5-4-12(15)2/h3-8,10H,1-2H3. The summed E-state index contributed by atoms with van der Waals surface area (Å²) in [7, 11) is -3.79. The van der Waals surface area contributed by atoms with E-state index >= 15 is 0 Å². The van der Waals surface area contributed by atoms with E-state index in [1.165, 1.54) is 12.3 Å². The smallest absolute Gasteiger partial charge is 0.220 e. The third-order valence-electron chi connectivity index (χ3n) is 3.74. The first-order chi connectivity index (χ1) is 10.8. The number of hydrogen-bond donors (Lipinski definition) is 0. The van der Waals surface area contributed by atoms with E-state index in [0.29, 0.717) is 10.7 Å². The van der Waals surface area contributed by atoms with Crippen LogP contribution in [0.3, 0.4) is 0 Å². The van der Waals surface area contributed by atoms with Crippen LogP contribution in [0.2, 0.25) is 5.02 Å². The monoisotopic (exact) mass is 344 g/mol. The van der Waals surface area contributed by atoms with Gasteiger partial charge in [-0.3, -0.25) is 0 Å². The first-order valence-electron chi connectivity index (χ1n) is 6.87. The molecule has 1 aliphatic heterocycles. The highest BCUT2D eigenvalue weighted by molar-refractivity contribution is 7.95. The zero-order valence-corrected chi connectivity index (χ0v) is 14.1. The molecule has 0 radical (unpaired) electrons. The second kappa shape index (κ2) is 5.41. The van der Waals surface area contributed by atoms with Crippen molar-refractivity contribution in [2.45, 2.75) is 18.7 Å². The van der Waals surface area contributed by atoms with Gasteiger partial charge in [-0.2, -0.15) is 5.26 Å². The van der Waals surface area contributed by atoms with Crippen molar-refractivity contribution in [1.82, 2.24) is 0 Å². The van der Waals surface area contributed by atoms with Gasteiger partial charge in [-0.15, -0.1) is 0 Å². The van der Waals surface area contributed by atoms with E-state index in [1.807, 2.05) is 19.9 Å². The molecule has 0 fully saturated rings. The van der Waals surface area contributed by atoms with Gasteiger partial charge in [0.2, 0.25) is 9.84 Å². The van der Waals surface area contributed by atoms with Crippen molar-refractivity contribution < 1.29 is 8.42 Å². The van der Waals surface area contributed by atoms with Crippen LogP contribution in [0, 0.1) is 25.2 Å². The Bertz CT molecular complexity index is 988. The number of aryl methyl sites for hydroxylation is 2. The molecule has 23 heavy (non-hydrogen) atoms. The molecule has 0 spiro atoms. The van der Waals surface area contributed by atoms with E-state index in [2.05, 4.69) is 0 Å². The Morgan fingerprint density at radius 2 is 1.83 bits per heavy atom. The zero-order valence-electron chi connectivity index (χ0n) is 12.5. The number of hydrogen-bond acceptors (Lipinski definition) is 4. The van der Waals surface area contributed by atoms with Gasteiger partial charge < -0.3 is 4.90 Å². The molecular formula is C17H13ClN2O2S. The Hall–Kier alpha value is -2.29. The molecule has 1 heterocycles. The van der Waals surface area contributed by atoms with Gasteiger partial charge in [-0.05, 0) is 49.2 Å². The van der Waals surface area contributed by atoms with Crippen molar-refractivity contribution in [1.29, 1.82) is 5.26 Å². The number of halogens is 1. The number of rotatable bonds is 1. The van der Waals surface area contributed by atoms with Crippen LogP contribution in [0.15, 0.2) is 52.4 Å². The van der Waals surface area contributed by atoms with Crippen LogP contribution in [0.4, 0.5) is 11.4 Å². The molecule has 0 bridgehead atoms. The largest absolute Gasteiger partial charge is 0.313 e. The molecule has 4 nitrogen and oxygen atoms in total. The molecule has 2 aromatic rings. The van der Waals surface area contributed by atoms with Crippen molar-refractivity contribution in [2.75, 3.05) is 4.90 Å². The van der Waals surface area contributed by atoms with Gasteiger partial charge in [0, 0.05) is 11.2 Å². The lowest BCUT2D eigenvalue weighted by Crippen LogP contribution is -2.22. The highest BCUT2D eigenvalue weighted by atomic mass is 35.5. The minimum atomic E-state index is -3.79. The van der Waals surface area contributed by atoms with Crippen molar-refractivity contribution in [3.05, 3.63) is 63.7 Å². The van der Waals surface area contributed by atoms with E-state index in [1.54, 1.807) is 35.2 Å². The second-order valence-corrected chi connectivity index (χ2v) is 7.70. The lowest BCUT2D eigenvalue weighted by atomic mass is 10.1. The van der Waals surface area contributed by atoms with Crippen LogP contribution in [0.25, 0.3) is 0 Å². The van der Waals surface area contributed by atoms with Crippen molar-refractivity contribution in [2.24, 2.45) is 0 Å². The Labute approximate surface area is 140 Å². The lowest BCUT2D eigenvalue weighted by molar-refractivity contribution is 0.602. The highest BCUT2D eigenvalue weighted by Gasteiger charge is 2.32. The van der Waals surface area contributed by atoms with Crippen LogP contribution in [0.5, 0.6) is 0 Å². The third kappa shape index (κ3) is 2.50. The molecule has 0 saturated carbocycles. The van der Waals surface area contributed by atoms with Gasteiger partial charge in [-0.25, -0.2) is 8.42 Å². The van der Waals surface area contributed by atoms with Crippen LogP contribution < -0.4 is 4.90 Å². The van der Waals surface area contributed by atoms with Gasteiger partial charge in [0.05, 0.1) is 16.3 Å². The predicted molar refractivity (Wildman–Crippen MR) is 90.4 cm³/mol. The predicted octanol–water partition coefficient (Wildman–Crippen LogP) is 4.25. The average molecular weight is 345 g/mol. The minimum Gasteiger partial charge on any atom is -0.313 e. The molecule has 1 aliphatic rings. The van der Waals surface area contributed by atoms with Gasteiger partial charge >= 0.3 is 0 Å². The molecule has 116 valence electrons. The Kier molecular flexibility index (Phi) is 3.67. The van der Waals surface area contributed by atoms with E-state index < -0.39 is 9.84 Å². The molecule has 0 saturated heterocycles. The summed E-state index contributed by atoms with van der Waals surface area (Å²) in [5, 5.41) is 9.79. The molecule has 6 heteroatoms. The average Bonchev–Trinajstić information content (AvgIpc) is 2.50. The summed E-state index contributed by atoms with van der Waals surface area (Å²) in [4.78, 5) is 1.55. The van der Waals surface area contributed by atoms with Crippen LogP contribution in [-0.2, 0) is 9.84 Å². The number of benzene rings is 2. The molecule has 0 N–H and O–H groups in total. The summed E-state index contributed by atoms with van der Waals surface area (Å²) < 4.78 is 25.1. The fourth-order valence-electron chi connectivity index (χ4n) is 2.55.